The quantitative estimate of drug-likeness (QED) is 0.772. The molecule has 0 saturated heterocycles. The smallest absolute Gasteiger partial charge is 0.0613 e. The van der Waals surface area contributed by atoms with E-state index >= 15 is 0 Å². The molecule has 1 unspecified atom stereocenters. The minimum absolute atomic E-state index is 0.430. The highest BCUT2D eigenvalue weighted by molar-refractivity contribution is 5.22. The second-order valence-electron chi connectivity index (χ2n) is 4.05. The van der Waals surface area contributed by atoms with Crippen LogP contribution in [0.2, 0.25) is 0 Å². The average molecular weight is 207 g/mol. The minimum Gasteiger partial charge on any atom is -0.383 e. The van der Waals surface area contributed by atoms with Gasteiger partial charge in [0.2, 0.25) is 0 Å². The summed E-state index contributed by atoms with van der Waals surface area (Å²) in [5.74, 6) is 0. The summed E-state index contributed by atoms with van der Waals surface area (Å²) in [6, 6.07) is 9.09. The maximum atomic E-state index is 5.06. The third-order valence-electron chi connectivity index (χ3n) is 2.41. The Morgan fingerprint density at radius 1 is 1.40 bits per heavy atom. The van der Waals surface area contributed by atoms with Crippen LogP contribution in [0.3, 0.4) is 0 Å². The number of nitrogens with one attached hydrogen (secondary N) is 1. The van der Waals surface area contributed by atoms with Gasteiger partial charge in [-0.25, -0.2) is 0 Å². The predicted molar refractivity (Wildman–Crippen MR) is 64.2 cm³/mol. The molecule has 1 atom stereocenters. The summed E-state index contributed by atoms with van der Waals surface area (Å²) >= 11 is 0. The molecule has 0 radical (unpaired) electrons. The molecular formula is C13H21NO. The van der Waals surface area contributed by atoms with Crippen molar-refractivity contribution in [2.45, 2.75) is 26.3 Å². The molecule has 1 aromatic rings. The molecule has 84 valence electrons. The Balaban J connectivity index is 2.25. The molecule has 1 rings (SSSR count). The van der Waals surface area contributed by atoms with Gasteiger partial charge in [-0.05, 0) is 32.4 Å². The SMILES string of the molecule is COCC(C)NCCc1cccc(C)c1. The van der Waals surface area contributed by atoms with Crippen LogP contribution in [0.4, 0.5) is 0 Å². The molecule has 0 aromatic heterocycles. The second-order valence-corrected chi connectivity index (χ2v) is 4.05. The Labute approximate surface area is 92.6 Å². The highest BCUT2D eigenvalue weighted by Gasteiger charge is 1.99. The van der Waals surface area contributed by atoms with Crippen molar-refractivity contribution in [2.75, 3.05) is 20.3 Å². The van der Waals surface area contributed by atoms with Crippen LogP contribution in [0.25, 0.3) is 0 Å². The molecule has 15 heavy (non-hydrogen) atoms. The normalized spacial score (nSPS) is 12.7. The van der Waals surface area contributed by atoms with Crippen LogP contribution in [0.1, 0.15) is 18.1 Å². The van der Waals surface area contributed by atoms with Crippen LogP contribution >= 0.6 is 0 Å². The maximum absolute atomic E-state index is 5.06. The molecule has 0 aliphatic heterocycles. The van der Waals surface area contributed by atoms with E-state index in [0.29, 0.717) is 6.04 Å². The average Bonchev–Trinajstić information content (AvgIpc) is 2.18. The van der Waals surface area contributed by atoms with Crippen LogP contribution in [-0.4, -0.2) is 26.3 Å². The third-order valence-corrected chi connectivity index (χ3v) is 2.41. The van der Waals surface area contributed by atoms with E-state index in [4.69, 9.17) is 4.74 Å². The Hall–Kier alpha value is -0.860. The Kier molecular flexibility index (Phi) is 5.37. The summed E-state index contributed by atoms with van der Waals surface area (Å²) in [5.41, 5.74) is 2.73. The van der Waals surface area contributed by atoms with Crippen molar-refractivity contribution < 1.29 is 4.74 Å². The van der Waals surface area contributed by atoms with Crippen molar-refractivity contribution >= 4 is 0 Å². The van der Waals surface area contributed by atoms with E-state index < -0.39 is 0 Å². The van der Waals surface area contributed by atoms with Gasteiger partial charge < -0.3 is 10.1 Å². The highest BCUT2D eigenvalue weighted by atomic mass is 16.5. The fourth-order valence-electron chi connectivity index (χ4n) is 1.64. The summed E-state index contributed by atoms with van der Waals surface area (Å²) in [6.45, 7) is 6.05. The van der Waals surface area contributed by atoms with E-state index in [-0.39, 0.29) is 0 Å². The van der Waals surface area contributed by atoms with E-state index in [1.807, 2.05) is 0 Å². The number of benzene rings is 1. The van der Waals surface area contributed by atoms with E-state index in [0.717, 1.165) is 19.6 Å². The fraction of sp³-hybridized carbons (Fsp3) is 0.538. The second kappa shape index (κ2) is 6.59. The molecule has 0 heterocycles. The number of rotatable bonds is 6. The lowest BCUT2D eigenvalue weighted by Gasteiger charge is -2.12. The molecule has 1 aromatic carbocycles. The van der Waals surface area contributed by atoms with Crippen molar-refractivity contribution in [1.82, 2.24) is 5.32 Å². The van der Waals surface area contributed by atoms with Crippen LogP contribution in [0, 0.1) is 6.92 Å². The molecular weight excluding hydrogens is 186 g/mol. The summed E-state index contributed by atoms with van der Waals surface area (Å²) < 4.78 is 5.06. The summed E-state index contributed by atoms with van der Waals surface area (Å²) in [6.07, 6.45) is 1.08. The van der Waals surface area contributed by atoms with Crippen LogP contribution in [-0.2, 0) is 11.2 Å². The van der Waals surface area contributed by atoms with E-state index in [1.54, 1.807) is 7.11 Å². The highest BCUT2D eigenvalue weighted by Crippen LogP contribution is 2.03. The monoisotopic (exact) mass is 207 g/mol. The van der Waals surface area contributed by atoms with Gasteiger partial charge in [-0.3, -0.25) is 0 Å². The van der Waals surface area contributed by atoms with E-state index in [2.05, 4.69) is 43.4 Å². The molecule has 2 heteroatoms. The Bertz CT molecular complexity index is 286. The molecule has 0 bridgehead atoms. The predicted octanol–water partition coefficient (Wildman–Crippen LogP) is 2.16. The van der Waals surface area contributed by atoms with Gasteiger partial charge in [-0.2, -0.15) is 0 Å². The van der Waals surface area contributed by atoms with Crippen molar-refractivity contribution in [2.24, 2.45) is 0 Å². The Morgan fingerprint density at radius 2 is 2.20 bits per heavy atom. The molecule has 2 nitrogen and oxygen atoms in total. The van der Waals surface area contributed by atoms with Gasteiger partial charge in [0, 0.05) is 13.2 Å². The third kappa shape index (κ3) is 4.96. The lowest BCUT2D eigenvalue weighted by Crippen LogP contribution is -2.31. The van der Waals surface area contributed by atoms with Gasteiger partial charge in [-0.15, -0.1) is 0 Å². The van der Waals surface area contributed by atoms with Crippen molar-refractivity contribution in [1.29, 1.82) is 0 Å². The summed E-state index contributed by atoms with van der Waals surface area (Å²) in [7, 11) is 1.73. The number of hydrogen-bond acceptors (Lipinski definition) is 2. The van der Waals surface area contributed by atoms with Crippen LogP contribution in [0.5, 0.6) is 0 Å². The first-order chi connectivity index (χ1) is 7.22. The largest absolute Gasteiger partial charge is 0.383 e. The van der Waals surface area contributed by atoms with Crippen molar-refractivity contribution in [3.63, 3.8) is 0 Å². The molecule has 1 N–H and O–H groups in total. The molecule has 0 aliphatic carbocycles. The standard InChI is InChI=1S/C13H21NO/c1-11-5-4-6-13(9-11)7-8-14-12(2)10-15-3/h4-6,9,12,14H,7-8,10H2,1-3H3. The molecule has 0 saturated carbocycles. The zero-order chi connectivity index (χ0) is 11.1. The summed E-state index contributed by atoms with van der Waals surface area (Å²) in [4.78, 5) is 0. The van der Waals surface area contributed by atoms with E-state index in [1.165, 1.54) is 11.1 Å². The lowest BCUT2D eigenvalue weighted by atomic mass is 10.1. The van der Waals surface area contributed by atoms with Gasteiger partial charge in [0.25, 0.3) is 0 Å². The van der Waals surface area contributed by atoms with Gasteiger partial charge in [-0.1, -0.05) is 29.8 Å². The first-order valence-electron chi connectivity index (χ1n) is 5.50. The molecule has 0 amide bonds. The molecule has 0 aliphatic rings. The van der Waals surface area contributed by atoms with Crippen molar-refractivity contribution in [3.8, 4) is 0 Å². The van der Waals surface area contributed by atoms with E-state index in [9.17, 15) is 0 Å². The van der Waals surface area contributed by atoms with Crippen LogP contribution in [0.15, 0.2) is 24.3 Å². The first kappa shape index (κ1) is 12.2. The zero-order valence-corrected chi connectivity index (χ0v) is 9.92. The number of aryl methyl sites for hydroxylation is 1. The minimum atomic E-state index is 0.430. The molecule has 0 spiro atoms. The number of hydrogen-bond donors (Lipinski definition) is 1. The maximum Gasteiger partial charge on any atom is 0.0613 e. The zero-order valence-electron chi connectivity index (χ0n) is 9.92. The topological polar surface area (TPSA) is 21.3 Å². The first-order valence-corrected chi connectivity index (χ1v) is 5.50. The lowest BCUT2D eigenvalue weighted by molar-refractivity contribution is 0.172. The fourth-order valence-corrected chi connectivity index (χ4v) is 1.64. The Morgan fingerprint density at radius 3 is 2.87 bits per heavy atom. The van der Waals surface area contributed by atoms with Crippen LogP contribution < -0.4 is 5.32 Å². The number of ether oxygens (including phenoxy) is 1. The van der Waals surface area contributed by atoms with Crippen molar-refractivity contribution in [3.05, 3.63) is 35.4 Å². The molecule has 0 fully saturated rings. The van der Waals surface area contributed by atoms with Gasteiger partial charge in [0.15, 0.2) is 0 Å². The van der Waals surface area contributed by atoms with Gasteiger partial charge in [0.1, 0.15) is 0 Å². The van der Waals surface area contributed by atoms with Gasteiger partial charge in [0.05, 0.1) is 6.61 Å². The number of methoxy groups -OCH3 is 1. The summed E-state index contributed by atoms with van der Waals surface area (Å²) in [5, 5.41) is 3.43. The van der Waals surface area contributed by atoms with Gasteiger partial charge >= 0.3 is 0 Å².